The largest absolute Gasteiger partial charge is 0.455 e. The highest BCUT2D eigenvalue weighted by molar-refractivity contribution is 5.91. The van der Waals surface area contributed by atoms with Crippen molar-refractivity contribution in [1.82, 2.24) is 0 Å². The first kappa shape index (κ1) is 17.9. The van der Waals surface area contributed by atoms with Gasteiger partial charge in [-0.25, -0.2) is 4.99 Å². The molecule has 142 valence electrons. The summed E-state index contributed by atoms with van der Waals surface area (Å²) in [7, 11) is 8.10. The van der Waals surface area contributed by atoms with Crippen molar-refractivity contribution >= 4 is 44.7 Å². The number of para-hydroxylation sites is 2. The zero-order chi connectivity index (χ0) is 19.8. The summed E-state index contributed by atoms with van der Waals surface area (Å²) >= 11 is 0. The highest BCUT2D eigenvalue weighted by Gasteiger charge is 2.14. The van der Waals surface area contributed by atoms with Gasteiger partial charge in [0.15, 0.2) is 0 Å². The maximum Gasteiger partial charge on any atom is 0.227 e. The first-order valence-electron chi connectivity index (χ1n) is 9.24. The molecule has 0 fully saturated rings. The highest BCUT2D eigenvalue weighted by Crippen LogP contribution is 2.25. The van der Waals surface area contributed by atoms with E-state index in [9.17, 15) is 0 Å². The molecule has 0 saturated heterocycles. The van der Waals surface area contributed by atoms with Crippen molar-refractivity contribution in [2.75, 3.05) is 43.7 Å². The Kier molecular flexibility index (Phi) is 4.43. The molecule has 0 unspecified atom stereocenters. The number of benzene rings is 3. The monoisotopic (exact) mass is 373 g/mol. The molecule has 0 radical (unpaired) electrons. The van der Waals surface area contributed by atoms with Crippen LogP contribution < -0.4 is 25.9 Å². The maximum atomic E-state index is 6.31. The summed E-state index contributed by atoms with van der Waals surface area (Å²) in [6.07, 6.45) is 0. The zero-order valence-electron chi connectivity index (χ0n) is 16.7. The smallest absolute Gasteiger partial charge is 0.227 e. The van der Waals surface area contributed by atoms with E-state index in [1.54, 1.807) is 0 Å². The summed E-state index contributed by atoms with van der Waals surface area (Å²) in [5.41, 5.74) is 11.6. The Morgan fingerprint density at radius 3 is 1.79 bits per heavy atom. The normalized spacial score (nSPS) is 11.0. The van der Waals surface area contributed by atoms with Crippen molar-refractivity contribution in [3.05, 3.63) is 66.0 Å². The number of fused-ring (bicyclic) bond motifs is 2. The molecular formula is C23H25N4O+. The molecule has 5 nitrogen and oxygen atoms in total. The van der Waals surface area contributed by atoms with E-state index in [1.807, 2.05) is 52.5 Å². The summed E-state index contributed by atoms with van der Waals surface area (Å²) in [6.45, 7) is 0. The first-order valence-corrected chi connectivity index (χ1v) is 9.24. The second kappa shape index (κ2) is 6.93. The van der Waals surface area contributed by atoms with Gasteiger partial charge >= 0.3 is 0 Å². The van der Waals surface area contributed by atoms with Crippen LogP contribution in [0, 0.1) is 0 Å². The van der Waals surface area contributed by atoms with Gasteiger partial charge in [-0.2, -0.15) is 0 Å². The SMILES string of the molecule is CN(C)c1ccc2c(=[NH+]c3ccccc3N)c3ccc(N(C)C)cc3oc2c1. The summed E-state index contributed by atoms with van der Waals surface area (Å²) in [5.74, 6) is 0. The van der Waals surface area contributed by atoms with Crippen LogP contribution in [-0.4, -0.2) is 28.2 Å². The molecule has 0 saturated carbocycles. The number of nitrogens with one attached hydrogen (secondary N) is 1. The fraction of sp³-hybridized carbons (Fsp3) is 0.174. The molecule has 0 bridgehead atoms. The van der Waals surface area contributed by atoms with Gasteiger partial charge in [0.2, 0.25) is 11.0 Å². The van der Waals surface area contributed by atoms with E-state index in [2.05, 4.69) is 51.2 Å². The van der Waals surface area contributed by atoms with Gasteiger partial charge in [0, 0.05) is 57.8 Å². The van der Waals surface area contributed by atoms with Crippen LogP contribution in [0.2, 0.25) is 0 Å². The van der Waals surface area contributed by atoms with Crippen LogP contribution in [0.25, 0.3) is 21.9 Å². The zero-order valence-corrected chi connectivity index (χ0v) is 16.7. The lowest BCUT2D eigenvalue weighted by Crippen LogP contribution is -2.70. The van der Waals surface area contributed by atoms with Crippen molar-refractivity contribution < 1.29 is 9.41 Å². The van der Waals surface area contributed by atoms with Crippen LogP contribution >= 0.6 is 0 Å². The van der Waals surface area contributed by atoms with E-state index >= 15 is 0 Å². The van der Waals surface area contributed by atoms with Crippen molar-refractivity contribution in [3.8, 4) is 0 Å². The van der Waals surface area contributed by atoms with Crippen molar-refractivity contribution in [2.24, 2.45) is 0 Å². The number of rotatable bonds is 3. The Morgan fingerprint density at radius 2 is 1.29 bits per heavy atom. The predicted molar refractivity (Wildman–Crippen MR) is 117 cm³/mol. The summed E-state index contributed by atoms with van der Waals surface area (Å²) in [6, 6.07) is 20.3. The minimum atomic E-state index is 0.708. The third-order valence-corrected chi connectivity index (χ3v) is 4.94. The molecule has 0 aliphatic carbocycles. The molecule has 3 aromatic carbocycles. The van der Waals surface area contributed by atoms with Gasteiger partial charge in [-0.3, -0.25) is 0 Å². The van der Waals surface area contributed by atoms with Gasteiger partial charge < -0.3 is 20.0 Å². The van der Waals surface area contributed by atoms with Gasteiger partial charge in [-0.1, -0.05) is 12.1 Å². The fourth-order valence-corrected chi connectivity index (χ4v) is 3.30. The maximum absolute atomic E-state index is 6.31. The molecule has 0 spiro atoms. The van der Waals surface area contributed by atoms with E-state index < -0.39 is 0 Å². The Labute approximate surface area is 164 Å². The molecule has 0 amide bonds. The van der Waals surface area contributed by atoms with Gasteiger partial charge in [-0.15, -0.1) is 0 Å². The Bertz CT molecular complexity index is 1170. The number of hydrogen-bond donors (Lipinski definition) is 2. The average Bonchev–Trinajstić information content (AvgIpc) is 2.68. The Balaban J connectivity index is 2.13. The minimum Gasteiger partial charge on any atom is -0.455 e. The van der Waals surface area contributed by atoms with E-state index in [0.29, 0.717) is 5.69 Å². The van der Waals surface area contributed by atoms with E-state index in [0.717, 1.165) is 44.4 Å². The molecule has 0 atom stereocenters. The van der Waals surface area contributed by atoms with Crippen molar-refractivity contribution in [1.29, 1.82) is 0 Å². The van der Waals surface area contributed by atoms with Crippen LogP contribution in [0.15, 0.2) is 65.1 Å². The highest BCUT2D eigenvalue weighted by atomic mass is 16.3. The van der Waals surface area contributed by atoms with E-state index in [1.165, 1.54) is 0 Å². The molecule has 0 aliphatic heterocycles. The van der Waals surface area contributed by atoms with Crippen LogP contribution in [0.5, 0.6) is 0 Å². The quantitative estimate of drug-likeness (QED) is 0.428. The lowest BCUT2D eigenvalue weighted by atomic mass is 10.1. The molecule has 5 heteroatoms. The Hall–Kier alpha value is -3.47. The van der Waals surface area contributed by atoms with Gasteiger partial charge in [0.1, 0.15) is 16.9 Å². The molecule has 1 heterocycles. The van der Waals surface area contributed by atoms with Crippen molar-refractivity contribution in [3.63, 3.8) is 0 Å². The summed E-state index contributed by atoms with van der Waals surface area (Å²) in [4.78, 5) is 7.68. The third-order valence-electron chi connectivity index (χ3n) is 4.94. The van der Waals surface area contributed by atoms with Crippen LogP contribution in [0.4, 0.5) is 22.7 Å². The topological polar surface area (TPSA) is 59.6 Å². The number of anilines is 3. The van der Waals surface area contributed by atoms with E-state index in [-0.39, 0.29) is 0 Å². The molecule has 28 heavy (non-hydrogen) atoms. The molecule has 3 N–H and O–H groups in total. The first-order chi connectivity index (χ1) is 13.4. The number of nitrogen functional groups attached to an aromatic ring is 1. The van der Waals surface area contributed by atoms with Gasteiger partial charge in [-0.05, 0) is 30.3 Å². The second-order valence-electron chi connectivity index (χ2n) is 7.34. The number of hydrogen-bond acceptors (Lipinski definition) is 4. The number of nitrogens with two attached hydrogens (primary N) is 1. The fourth-order valence-electron chi connectivity index (χ4n) is 3.30. The molecular weight excluding hydrogens is 348 g/mol. The van der Waals surface area contributed by atoms with Gasteiger partial charge in [0.25, 0.3) is 0 Å². The van der Waals surface area contributed by atoms with Gasteiger partial charge in [0.05, 0.1) is 10.8 Å². The molecule has 1 aromatic heterocycles. The predicted octanol–water partition coefficient (Wildman–Crippen LogP) is 2.61. The van der Waals surface area contributed by atoms with Crippen LogP contribution in [0.3, 0.4) is 0 Å². The summed E-state index contributed by atoms with van der Waals surface area (Å²) in [5, 5.41) is 3.02. The standard InChI is InChI=1S/C23H24N4O/c1-26(2)15-9-11-17-21(13-15)28-22-14-16(27(3)4)10-12-18(22)23(17)25-20-8-6-5-7-19(20)24/h5-14H,24H2,1-4H3/p+1. The molecule has 4 aromatic rings. The molecule has 0 aliphatic rings. The summed E-state index contributed by atoms with van der Waals surface area (Å²) < 4.78 is 6.31. The molecule has 4 rings (SSSR count). The van der Waals surface area contributed by atoms with E-state index in [4.69, 9.17) is 10.2 Å². The van der Waals surface area contributed by atoms with Crippen molar-refractivity contribution in [2.45, 2.75) is 0 Å². The lowest BCUT2D eigenvalue weighted by molar-refractivity contribution is -0.398. The number of nitrogens with zero attached hydrogens (tertiary/aromatic N) is 2. The third kappa shape index (κ3) is 3.16. The average molecular weight is 373 g/mol. The minimum absolute atomic E-state index is 0.708. The Morgan fingerprint density at radius 1 is 0.750 bits per heavy atom. The van der Waals surface area contributed by atoms with Crippen LogP contribution in [0.1, 0.15) is 0 Å². The van der Waals surface area contributed by atoms with Crippen LogP contribution in [-0.2, 0) is 0 Å². The lowest BCUT2D eigenvalue weighted by Gasteiger charge is -2.14. The second-order valence-corrected chi connectivity index (χ2v) is 7.34.